The second-order valence-corrected chi connectivity index (χ2v) is 14.2. The number of amides is 2. The van der Waals surface area contributed by atoms with Gasteiger partial charge in [-0.25, -0.2) is 9.78 Å². The van der Waals surface area contributed by atoms with E-state index in [0.29, 0.717) is 24.3 Å². The average molecular weight is 675 g/mol. The predicted octanol–water partition coefficient (Wildman–Crippen LogP) is 2.60. The summed E-state index contributed by atoms with van der Waals surface area (Å²) in [6.07, 6.45) is 7.46. The molecule has 12 nitrogen and oxygen atoms in total. The van der Waals surface area contributed by atoms with Crippen LogP contribution in [0, 0.1) is 11.8 Å². The molecule has 0 spiro atoms. The zero-order valence-corrected chi connectivity index (χ0v) is 29.2. The monoisotopic (exact) mass is 674 g/mol. The Morgan fingerprint density at radius 1 is 1.17 bits per heavy atom. The van der Waals surface area contributed by atoms with Gasteiger partial charge in [-0.1, -0.05) is 64.5 Å². The molecular weight excluding hydrogens is 624 g/mol. The molecule has 3 rings (SSSR count). The molecule has 0 saturated carbocycles. The van der Waals surface area contributed by atoms with Crippen molar-refractivity contribution < 1.29 is 37.6 Å². The van der Waals surface area contributed by atoms with E-state index < -0.39 is 46.2 Å². The molecule has 1 saturated heterocycles. The highest BCUT2D eigenvalue weighted by atomic mass is 32.2. The molecule has 3 unspecified atom stereocenters. The van der Waals surface area contributed by atoms with E-state index in [4.69, 9.17) is 9.15 Å². The number of esters is 1. The van der Waals surface area contributed by atoms with Gasteiger partial charge in [0.25, 0.3) is 5.91 Å². The van der Waals surface area contributed by atoms with Crippen LogP contribution in [0.2, 0.25) is 0 Å². The van der Waals surface area contributed by atoms with E-state index in [1.165, 1.54) is 17.1 Å². The molecule has 1 aromatic rings. The van der Waals surface area contributed by atoms with Gasteiger partial charge >= 0.3 is 5.97 Å². The van der Waals surface area contributed by atoms with Gasteiger partial charge in [0.05, 0.1) is 17.8 Å². The van der Waals surface area contributed by atoms with Gasteiger partial charge in [0.1, 0.15) is 24.2 Å². The van der Waals surface area contributed by atoms with Crippen LogP contribution in [-0.2, 0) is 36.3 Å². The highest BCUT2D eigenvalue weighted by Gasteiger charge is 2.47. The molecule has 0 aromatic carbocycles. The Morgan fingerprint density at radius 3 is 2.57 bits per heavy atom. The minimum atomic E-state index is -1.45. The number of aromatic nitrogens is 1. The fraction of sp³-hybridized carbons (Fsp3) is 0.618. The zero-order chi connectivity index (χ0) is 34.7. The lowest BCUT2D eigenvalue weighted by Gasteiger charge is -2.31. The first-order valence-electron chi connectivity index (χ1n) is 16.4. The summed E-state index contributed by atoms with van der Waals surface area (Å²) in [6, 6.07) is -1.12. The first-order valence-corrected chi connectivity index (χ1v) is 17.8. The Balaban J connectivity index is 1.96. The predicted molar refractivity (Wildman–Crippen MR) is 179 cm³/mol. The van der Waals surface area contributed by atoms with Crippen molar-refractivity contribution in [3.05, 3.63) is 53.8 Å². The summed E-state index contributed by atoms with van der Waals surface area (Å²) in [5.74, 6) is -2.05. The first-order chi connectivity index (χ1) is 22.3. The Bertz CT molecular complexity index is 1370. The number of hydrogen-bond acceptors (Lipinski definition) is 10. The fourth-order valence-electron chi connectivity index (χ4n) is 5.85. The van der Waals surface area contributed by atoms with Gasteiger partial charge in [-0.15, -0.1) is 0 Å². The van der Waals surface area contributed by atoms with Gasteiger partial charge in [-0.2, -0.15) is 0 Å². The number of oxazole rings is 1. The number of fused-ring (bicyclic) bond motifs is 3. The quantitative estimate of drug-likeness (QED) is 0.412. The third-order valence-corrected chi connectivity index (χ3v) is 10.2. The molecule has 2 aliphatic heterocycles. The van der Waals surface area contributed by atoms with Crippen LogP contribution in [0.1, 0.15) is 70.8 Å². The van der Waals surface area contributed by atoms with Crippen LogP contribution in [0.25, 0.3) is 0 Å². The summed E-state index contributed by atoms with van der Waals surface area (Å²) in [5.41, 5.74) is 0.628. The molecule has 0 radical (unpaired) electrons. The number of Topliss-reactive ketones (excluding diaryl/α,β-unsaturated/α-hetero) is 1. The highest BCUT2D eigenvalue weighted by Crippen LogP contribution is 2.29. The molecule has 13 heteroatoms. The molecule has 2 amide bonds. The minimum absolute atomic E-state index is 0.0124. The highest BCUT2D eigenvalue weighted by molar-refractivity contribution is 7.85. The smallest absolute Gasteiger partial charge is 0.330 e. The summed E-state index contributed by atoms with van der Waals surface area (Å²) in [6.45, 7) is 14.1. The third-order valence-electron chi connectivity index (χ3n) is 8.45. The van der Waals surface area contributed by atoms with E-state index in [1.54, 1.807) is 25.2 Å². The van der Waals surface area contributed by atoms with Crippen LogP contribution in [-0.4, -0.2) is 110 Å². The van der Waals surface area contributed by atoms with Crippen LogP contribution >= 0.6 is 0 Å². The van der Waals surface area contributed by atoms with Gasteiger partial charge in [0.15, 0.2) is 5.69 Å². The third kappa shape index (κ3) is 11.1. The molecule has 6 atom stereocenters. The summed E-state index contributed by atoms with van der Waals surface area (Å²) >= 11 is 0. The molecule has 2 aliphatic rings. The number of ether oxygens (including phenoxy) is 1. The van der Waals surface area contributed by atoms with Crippen molar-refractivity contribution in [1.82, 2.24) is 20.1 Å². The number of aliphatic hydroxyl groups excluding tert-OH is 1. The maximum absolute atomic E-state index is 14.0. The Morgan fingerprint density at radius 2 is 1.89 bits per heavy atom. The number of rotatable bonds is 7. The second kappa shape index (κ2) is 18.2. The summed E-state index contributed by atoms with van der Waals surface area (Å²) in [4.78, 5) is 60.7. The van der Waals surface area contributed by atoms with Crippen molar-refractivity contribution >= 4 is 34.4 Å². The molecule has 2 N–H and O–H groups in total. The molecule has 0 aliphatic carbocycles. The number of allylic oxidation sites excluding steroid dienone is 2. The molecular formula is C34H50N4O8S. The van der Waals surface area contributed by atoms with Crippen molar-refractivity contribution in [3.8, 4) is 0 Å². The largest absolute Gasteiger partial charge is 0.460 e. The number of hydrogen-bond donors (Lipinski definition) is 2. The maximum atomic E-state index is 14.0. The maximum Gasteiger partial charge on any atom is 0.330 e. The number of nitrogens with one attached hydrogen (secondary N) is 1. The molecule has 260 valence electrons. The van der Waals surface area contributed by atoms with Crippen LogP contribution < -0.4 is 5.32 Å². The number of nitrogens with zero attached hydrogens (tertiary/aromatic N) is 3. The van der Waals surface area contributed by atoms with Gasteiger partial charge in [0.2, 0.25) is 11.8 Å². The van der Waals surface area contributed by atoms with Crippen molar-refractivity contribution in [2.75, 3.05) is 38.5 Å². The van der Waals surface area contributed by atoms with E-state index in [1.807, 2.05) is 34.6 Å². The van der Waals surface area contributed by atoms with E-state index in [-0.39, 0.29) is 61.0 Å². The first kappa shape index (κ1) is 38.0. The van der Waals surface area contributed by atoms with Crippen molar-refractivity contribution in [2.45, 2.75) is 84.3 Å². The van der Waals surface area contributed by atoms with Crippen molar-refractivity contribution in [3.63, 3.8) is 0 Å². The SMILES string of the molecule is CCN(CC)CCS(=O)C1CCN2C(=O)c3coc(n3)CC(=O)C[C@H](O)/C=C(C)\C=C/CNC(=O)/C=C\[C@@H](C)[C@@H](C(C)C)OC(=O)C12. The van der Waals surface area contributed by atoms with Gasteiger partial charge in [0, 0.05) is 48.5 Å². The van der Waals surface area contributed by atoms with E-state index >= 15 is 0 Å². The van der Waals surface area contributed by atoms with Gasteiger partial charge in [-0.3, -0.25) is 18.6 Å². The summed E-state index contributed by atoms with van der Waals surface area (Å²) in [5, 5.41) is 12.5. The topological polar surface area (TPSA) is 159 Å². The van der Waals surface area contributed by atoms with Crippen LogP contribution in [0.3, 0.4) is 0 Å². The fourth-order valence-corrected chi connectivity index (χ4v) is 7.51. The lowest BCUT2D eigenvalue weighted by molar-refractivity contribution is -0.157. The molecule has 3 heterocycles. The van der Waals surface area contributed by atoms with Crippen molar-refractivity contribution in [2.24, 2.45) is 11.8 Å². The number of carbonyl (C=O) groups is 4. The van der Waals surface area contributed by atoms with Crippen LogP contribution in [0.15, 0.2) is 46.6 Å². The molecule has 1 aromatic heterocycles. The van der Waals surface area contributed by atoms with E-state index in [2.05, 4.69) is 15.2 Å². The summed E-state index contributed by atoms with van der Waals surface area (Å²) in [7, 11) is -1.45. The van der Waals surface area contributed by atoms with Crippen LogP contribution in [0.4, 0.5) is 0 Å². The normalized spacial score (nSPS) is 28.7. The van der Waals surface area contributed by atoms with E-state index in [9.17, 15) is 28.5 Å². The Kier molecular flexibility index (Phi) is 14.7. The molecule has 2 bridgehead atoms. The van der Waals surface area contributed by atoms with E-state index in [0.717, 1.165) is 19.4 Å². The van der Waals surface area contributed by atoms with Crippen LogP contribution in [0.5, 0.6) is 0 Å². The summed E-state index contributed by atoms with van der Waals surface area (Å²) < 4.78 is 25.2. The average Bonchev–Trinajstić information content (AvgIpc) is 3.68. The zero-order valence-electron chi connectivity index (χ0n) is 28.3. The number of aliphatic hydroxyl groups is 1. The minimum Gasteiger partial charge on any atom is -0.460 e. The second-order valence-electron chi connectivity index (χ2n) is 12.4. The van der Waals surface area contributed by atoms with Gasteiger partial charge < -0.3 is 29.4 Å². The number of cyclic esters (lactones) is 1. The molecule has 1 fully saturated rings. The van der Waals surface area contributed by atoms with Gasteiger partial charge in [-0.05, 0) is 38.4 Å². The molecule has 47 heavy (non-hydrogen) atoms. The lowest BCUT2D eigenvalue weighted by Crippen LogP contribution is -2.49. The Hall–Kier alpha value is -3.42. The Labute approximate surface area is 280 Å². The standard InChI is InChI=1S/C34H50N4O8S/c1-7-37(8-2)16-17-47(44)28-13-15-38-31(28)34(43)46-32(22(3)4)24(6)11-12-29(41)35-14-9-10-23(5)18-25(39)19-26(40)20-30-36-27(21-45-30)33(38)42/h9-12,18,21-22,24-25,28,31-32,39H,7-8,13-17,19-20H2,1-6H3,(H,35,41)/b10-9-,12-11-,23-18-/t24-,25-,28?,31?,32-,47?/m1/s1. The number of ketones is 1. The number of carbonyl (C=O) groups excluding carboxylic acids is 4. The lowest BCUT2D eigenvalue weighted by atomic mass is 9.94. The van der Waals surface area contributed by atoms with Crippen molar-refractivity contribution in [1.29, 1.82) is 0 Å².